The normalized spacial score (nSPS) is 8.53. The third-order valence-electron chi connectivity index (χ3n) is 2.00. The van der Waals surface area contributed by atoms with Gasteiger partial charge in [0.1, 0.15) is 23.9 Å². The highest BCUT2D eigenvalue weighted by Gasteiger charge is 2.13. The Morgan fingerprint density at radius 2 is 1.89 bits per heavy atom. The maximum absolute atomic E-state index is 10.8. The number of nitro benzene ring substituents is 1. The first-order chi connectivity index (χ1) is 9.03. The van der Waals surface area contributed by atoms with Crippen molar-refractivity contribution in [3.8, 4) is 18.2 Å². The first-order valence-electron chi connectivity index (χ1n) is 4.69. The summed E-state index contributed by atoms with van der Waals surface area (Å²) in [6.45, 7) is 0. The quantitative estimate of drug-likeness (QED) is 0.379. The second kappa shape index (κ2) is 6.34. The van der Waals surface area contributed by atoms with Crippen LogP contribution in [0.4, 0.5) is 11.4 Å². The molecule has 7 nitrogen and oxygen atoms in total. The molecule has 0 heterocycles. The van der Waals surface area contributed by atoms with Crippen molar-refractivity contribution in [2.75, 3.05) is 5.32 Å². The summed E-state index contributed by atoms with van der Waals surface area (Å²) in [5, 5.41) is 39.5. The number of rotatable bonds is 3. The van der Waals surface area contributed by atoms with Gasteiger partial charge in [-0.05, 0) is 34.7 Å². The first-order valence-corrected chi connectivity index (χ1v) is 5.77. The van der Waals surface area contributed by atoms with Gasteiger partial charge in [-0.1, -0.05) is 0 Å². The van der Waals surface area contributed by atoms with Crippen LogP contribution in [0.2, 0.25) is 0 Å². The molecule has 0 aliphatic rings. The van der Waals surface area contributed by atoms with Crippen molar-refractivity contribution in [2.45, 2.75) is 0 Å². The molecule has 0 unspecified atom stereocenters. The van der Waals surface area contributed by atoms with Gasteiger partial charge in [-0.15, -0.1) is 0 Å². The average molecular weight is 365 g/mol. The highest BCUT2D eigenvalue weighted by atomic mass is 127. The van der Waals surface area contributed by atoms with Gasteiger partial charge in [-0.2, -0.15) is 15.8 Å². The molecule has 0 aromatic heterocycles. The van der Waals surface area contributed by atoms with Crippen LogP contribution in [0.3, 0.4) is 0 Å². The maximum Gasteiger partial charge on any atom is 0.284 e. The summed E-state index contributed by atoms with van der Waals surface area (Å²) in [5.74, 6) is 0. The molecule has 0 atom stereocenters. The standard InChI is InChI=1S/C11H4IN5O2/c12-9-2-1-8(3-11(9)17(18)19)16-10(6-15)7(4-13)5-14/h1-3,16H. The molecule has 0 amide bonds. The Morgan fingerprint density at radius 3 is 2.37 bits per heavy atom. The van der Waals surface area contributed by atoms with E-state index < -0.39 is 4.92 Å². The van der Waals surface area contributed by atoms with Gasteiger partial charge in [0.05, 0.1) is 8.49 Å². The molecule has 0 radical (unpaired) electrons. The van der Waals surface area contributed by atoms with Crippen molar-refractivity contribution >= 4 is 34.0 Å². The molecular weight excluding hydrogens is 361 g/mol. The molecule has 19 heavy (non-hydrogen) atoms. The molecule has 1 N–H and O–H groups in total. The SMILES string of the molecule is N#CC(C#N)=C(C#N)Nc1ccc(I)c([N+](=O)[O-])c1. The maximum atomic E-state index is 10.8. The van der Waals surface area contributed by atoms with Gasteiger partial charge < -0.3 is 5.32 Å². The van der Waals surface area contributed by atoms with Crippen molar-refractivity contribution in [3.05, 3.63) is 43.2 Å². The number of hydrogen-bond acceptors (Lipinski definition) is 6. The van der Waals surface area contributed by atoms with E-state index in [9.17, 15) is 10.1 Å². The van der Waals surface area contributed by atoms with Crippen LogP contribution in [0.1, 0.15) is 0 Å². The third-order valence-corrected chi connectivity index (χ3v) is 2.91. The number of allylic oxidation sites excluding steroid dienone is 2. The molecule has 0 aliphatic carbocycles. The minimum Gasteiger partial charge on any atom is -0.345 e. The smallest absolute Gasteiger partial charge is 0.284 e. The van der Waals surface area contributed by atoms with E-state index in [-0.39, 0.29) is 22.6 Å². The fourth-order valence-corrected chi connectivity index (χ4v) is 1.69. The van der Waals surface area contributed by atoms with Gasteiger partial charge in [0.25, 0.3) is 5.69 Å². The van der Waals surface area contributed by atoms with Gasteiger partial charge in [0.15, 0.2) is 5.57 Å². The Bertz CT molecular complexity index is 675. The molecule has 0 saturated heterocycles. The van der Waals surface area contributed by atoms with E-state index in [4.69, 9.17) is 15.8 Å². The van der Waals surface area contributed by atoms with Gasteiger partial charge in [-0.25, -0.2) is 0 Å². The van der Waals surface area contributed by atoms with E-state index in [2.05, 4.69) is 5.32 Å². The first kappa shape index (κ1) is 14.4. The highest BCUT2D eigenvalue weighted by Crippen LogP contribution is 2.25. The van der Waals surface area contributed by atoms with Crippen molar-refractivity contribution in [1.29, 1.82) is 15.8 Å². The second-order valence-electron chi connectivity index (χ2n) is 3.13. The summed E-state index contributed by atoms with van der Waals surface area (Å²) in [4.78, 5) is 10.2. The number of hydrogen-bond donors (Lipinski definition) is 1. The monoisotopic (exact) mass is 365 g/mol. The van der Waals surface area contributed by atoms with E-state index in [0.29, 0.717) is 3.57 Å². The van der Waals surface area contributed by atoms with E-state index in [1.165, 1.54) is 18.2 Å². The van der Waals surface area contributed by atoms with E-state index in [0.717, 1.165) is 0 Å². The van der Waals surface area contributed by atoms with E-state index >= 15 is 0 Å². The lowest BCUT2D eigenvalue weighted by Gasteiger charge is -2.05. The Labute approximate surface area is 121 Å². The number of nitriles is 3. The Balaban J connectivity index is 3.22. The minimum atomic E-state index is -0.557. The molecule has 92 valence electrons. The number of benzene rings is 1. The van der Waals surface area contributed by atoms with Crippen LogP contribution in [-0.2, 0) is 0 Å². The zero-order valence-electron chi connectivity index (χ0n) is 9.22. The highest BCUT2D eigenvalue weighted by molar-refractivity contribution is 14.1. The van der Waals surface area contributed by atoms with Crippen LogP contribution in [0.25, 0.3) is 0 Å². The van der Waals surface area contributed by atoms with Crippen LogP contribution in [0.5, 0.6) is 0 Å². The van der Waals surface area contributed by atoms with Gasteiger partial charge in [-0.3, -0.25) is 10.1 Å². The topological polar surface area (TPSA) is 127 Å². The molecule has 1 aromatic rings. The summed E-state index contributed by atoms with van der Waals surface area (Å²) in [6, 6.07) is 9.04. The lowest BCUT2D eigenvalue weighted by atomic mass is 10.2. The number of anilines is 1. The number of nitrogens with one attached hydrogen (secondary N) is 1. The predicted molar refractivity (Wildman–Crippen MR) is 73.3 cm³/mol. The average Bonchev–Trinajstić information content (AvgIpc) is 2.40. The van der Waals surface area contributed by atoms with Crippen LogP contribution >= 0.6 is 22.6 Å². The van der Waals surface area contributed by atoms with E-state index in [1.807, 2.05) is 22.6 Å². The van der Waals surface area contributed by atoms with Crippen LogP contribution in [0, 0.1) is 47.7 Å². The minimum absolute atomic E-state index is 0.127. The number of nitro groups is 1. The zero-order valence-corrected chi connectivity index (χ0v) is 11.4. The van der Waals surface area contributed by atoms with Crippen molar-refractivity contribution in [1.82, 2.24) is 0 Å². The second-order valence-corrected chi connectivity index (χ2v) is 4.30. The zero-order chi connectivity index (χ0) is 14.4. The van der Waals surface area contributed by atoms with Crippen LogP contribution in [0.15, 0.2) is 29.5 Å². The Morgan fingerprint density at radius 1 is 1.26 bits per heavy atom. The molecular formula is C11H4IN5O2. The van der Waals surface area contributed by atoms with Crippen LogP contribution in [-0.4, -0.2) is 4.92 Å². The largest absolute Gasteiger partial charge is 0.345 e. The molecule has 0 fully saturated rings. The van der Waals surface area contributed by atoms with Crippen molar-refractivity contribution in [3.63, 3.8) is 0 Å². The van der Waals surface area contributed by atoms with Gasteiger partial charge >= 0.3 is 0 Å². The summed E-state index contributed by atoms with van der Waals surface area (Å²) >= 11 is 1.81. The third kappa shape index (κ3) is 3.41. The predicted octanol–water partition coefficient (Wildman–Crippen LogP) is 2.44. The van der Waals surface area contributed by atoms with Crippen molar-refractivity contribution in [2.24, 2.45) is 0 Å². The molecule has 0 spiro atoms. The molecule has 0 aliphatic heterocycles. The Kier molecular flexibility index (Phi) is 4.81. The van der Waals surface area contributed by atoms with E-state index in [1.54, 1.807) is 18.2 Å². The lowest BCUT2D eigenvalue weighted by molar-refractivity contribution is -0.385. The fourth-order valence-electron chi connectivity index (χ4n) is 1.16. The molecule has 0 bridgehead atoms. The summed E-state index contributed by atoms with van der Waals surface area (Å²) in [5.41, 5.74) is -0.505. The fraction of sp³-hybridized carbons (Fsp3) is 0. The molecule has 8 heteroatoms. The summed E-state index contributed by atoms with van der Waals surface area (Å²) < 4.78 is 0.441. The van der Waals surface area contributed by atoms with Crippen molar-refractivity contribution < 1.29 is 4.92 Å². The molecule has 1 aromatic carbocycles. The Hall–Kier alpha value is -2.64. The molecule has 1 rings (SSSR count). The summed E-state index contributed by atoms with van der Waals surface area (Å²) in [7, 11) is 0. The van der Waals surface area contributed by atoms with Gasteiger partial charge in [0, 0.05) is 11.8 Å². The number of halogens is 1. The lowest BCUT2D eigenvalue weighted by Crippen LogP contribution is -2.01. The summed E-state index contributed by atoms with van der Waals surface area (Å²) in [6.07, 6.45) is 0. The van der Waals surface area contributed by atoms with Crippen LogP contribution < -0.4 is 5.32 Å². The molecule has 0 saturated carbocycles. The van der Waals surface area contributed by atoms with Gasteiger partial charge in [0.2, 0.25) is 0 Å². The number of nitrogens with zero attached hydrogens (tertiary/aromatic N) is 4.